The van der Waals surface area contributed by atoms with Crippen LogP contribution in [0.25, 0.3) is 0 Å². The van der Waals surface area contributed by atoms with Crippen LogP contribution < -0.4 is 21.3 Å². The van der Waals surface area contributed by atoms with Crippen LogP contribution in [0.1, 0.15) is 19.4 Å². The molecule has 2 amide bonds. The molecule has 0 fully saturated rings. The number of amides is 2. The van der Waals surface area contributed by atoms with Crippen molar-refractivity contribution in [1.29, 1.82) is 0 Å². The van der Waals surface area contributed by atoms with Crippen molar-refractivity contribution in [2.45, 2.75) is 26.4 Å². The van der Waals surface area contributed by atoms with E-state index in [2.05, 4.69) is 21.3 Å². The molecule has 0 unspecified atom stereocenters. The maximum Gasteiger partial charge on any atom is 0.319 e. The van der Waals surface area contributed by atoms with Gasteiger partial charge in [-0.1, -0.05) is 35.3 Å². The van der Waals surface area contributed by atoms with E-state index in [9.17, 15) is 4.79 Å². The van der Waals surface area contributed by atoms with Crippen LogP contribution >= 0.6 is 35.4 Å². The minimum Gasteiger partial charge on any atom is -0.358 e. The van der Waals surface area contributed by atoms with Crippen molar-refractivity contribution in [3.63, 3.8) is 0 Å². The van der Waals surface area contributed by atoms with Crippen molar-refractivity contribution >= 4 is 57.9 Å². The number of carbonyl (C=O) groups excluding carboxylic acids is 1. The molecule has 0 saturated carbocycles. The Morgan fingerprint density at radius 3 is 2.38 bits per heavy atom. The zero-order valence-electron chi connectivity index (χ0n) is 14.4. The van der Waals surface area contributed by atoms with E-state index in [1.54, 1.807) is 18.2 Å². The number of rotatable bonds is 5. The summed E-state index contributed by atoms with van der Waals surface area (Å²) < 4.78 is 0. The smallest absolute Gasteiger partial charge is 0.319 e. The first-order chi connectivity index (χ1) is 12.3. The fraction of sp³-hybridized carbons (Fsp3) is 0.222. The molecule has 0 aromatic heterocycles. The monoisotopic (exact) mass is 410 g/mol. The lowest BCUT2D eigenvalue weighted by atomic mass is 10.2. The molecule has 0 bridgehead atoms. The summed E-state index contributed by atoms with van der Waals surface area (Å²) in [4.78, 5) is 11.7. The molecule has 2 rings (SSSR count). The molecule has 0 radical (unpaired) electrons. The second-order valence-electron chi connectivity index (χ2n) is 5.88. The van der Waals surface area contributed by atoms with E-state index in [0.29, 0.717) is 27.4 Å². The summed E-state index contributed by atoms with van der Waals surface area (Å²) in [5, 5.41) is 13.2. The van der Waals surface area contributed by atoms with Crippen molar-refractivity contribution in [2.24, 2.45) is 0 Å². The number of benzene rings is 2. The molecular weight excluding hydrogens is 391 g/mol. The molecule has 0 spiro atoms. The fourth-order valence-corrected chi connectivity index (χ4v) is 2.71. The number of carbonyl (C=O) groups is 1. The molecule has 0 aliphatic carbocycles. The Balaban J connectivity index is 1.83. The van der Waals surface area contributed by atoms with Gasteiger partial charge < -0.3 is 21.3 Å². The van der Waals surface area contributed by atoms with Crippen LogP contribution in [-0.4, -0.2) is 17.2 Å². The van der Waals surface area contributed by atoms with E-state index in [-0.39, 0.29) is 12.1 Å². The summed E-state index contributed by atoms with van der Waals surface area (Å²) in [6.45, 7) is 4.35. The Hall–Kier alpha value is -2.02. The highest BCUT2D eigenvalue weighted by Gasteiger charge is 2.05. The van der Waals surface area contributed by atoms with E-state index in [0.717, 1.165) is 11.3 Å². The van der Waals surface area contributed by atoms with Crippen LogP contribution in [0.3, 0.4) is 0 Å². The first-order valence-electron chi connectivity index (χ1n) is 8.00. The van der Waals surface area contributed by atoms with Crippen LogP contribution in [0, 0.1) is 0 Å². The molecule has 5 nitrogen and oxygen atoms in total. The SMILES string of the molecule is CC(C)NC(=O)Nc1ccc(CNC(=S)Nc2ccc(Cl)cc2Cl)cc1. The molecular formula is C18H20Cl2N4OS. The second-order valence-corrected chi connectivity index (χ2v) is 7.13. The molecule has 138 valence electrons. The van der Waals surface area contributed by atoms with Crippen molar-refractivity contribution in [3.05, 3.63) is 58.1 Å². The summed E-state index contributed by atoms with van der Waals surface area (Å²) in [7, 11) is 0. The van der Waals surface area contributed by atoms with Gasteiger partial charge in [0.25, 0.3) is 0 Å². The minimum absolute atomic E-state index is 0.0844. The normalized spacial score (nSPS) is 10.3. The average molecular weight is 411 g/mol. The lowest BCUT2D eigenvalue weighted by Gasteiger charge is -2.13. The molecule has 0 atom stereocenters. The Morgan fingerprint density at radius 2 is 1.77 bits per heavy atom. The highest BCUT2D eigenvalue weighted by molar-refractivity contribution is 7.80. The van der Waals surface area contributed by atoms with Crippen molar-refractivity contribution in [2.75, 3.05) is 10.6 Å². The number of nitrogens with one attached hydrogen (secondary N) is 4. The summed E-state index contributed by atoms with van der Waals surface area (Å²) in [5.74, 6) is 0. The third kappa shape index (κ3) is 6.71. The van der Waals surface area contributed by atoms with Crippen LogP contribution in [0.5, 0.6) is 0 Å². The van der Waals surface area contributed by atoms with Gasteiger partial charge in [0.05, 0.1) is 10.7 Å². The number of anilines is 2. The third-order valence-electron chi connectivity index (χ3n) is 3.26. The summed E-state index contributed by atoms with van der Waals surface area (Å²) in [6, 6.07) is 12.5. The van der Waals surface area contributed by atoms with Crippen molar-refractivity contribution in [1.82, 2.24) is 10.6 Å². The number of hydrogen-bond donors (Lipinski definition) is 4. The van der Waals surface area contributed by atoms with E-state index in [1.807, 2.05) is 38.1 Å². The van der Waals surface area contributed by atoms with Crippen LogP contribution in [0.15, 0.2) is 42.5 Å². The zero-order chi connectivity index (χ0) is 19.1. The Bertz CT molecular complexity index is 781. The maximum atomic E-state index is 11.7. The number of hydrogen-bond acceptors (Lipinski definition) is 2. The predicted molar refractivity (Wildman–Crippen MR) is 113 cm³/mol. The van der Waals surface area contributed by atoms with Gasteiger partial charge >= 0.3 is 6.03 Å². The average Bonchev–Trinajstić information content (AvgIpc) is 2.56. The van der Waals surface area contributed by atoms with E-state index in [1.165, 1.54) is 0 Å². The van der Waals surface area contributed by atoms with E-state index < -0.39 is 0 Å². The second kappa shape index (κ2) is 9.62. The summed E-state index contributed by atoms with van der Waals surface area (Å²) >= 11 is 17.3. The predicted octanol–water partition coefficient (Wildman–Crippen LogP) is 5.01. The Labute approximate surface area is 168 Å². The highest BCUT2D eigenvalue weighted by atomic mass is 35.5. The standard InChI is InChI=1S/C18H20Cl2N4OS/c1-11(2)22-17(25)23-14-6-3-12(4-7-14)10-21-18(26)24-16-8-5-13(19)9-15(16)20/h3-9,11H,10H2,1-2H3,(H2,21,24,26)(H2,22,23,25). The van der Waals surface area contributed by atoms with Crippen molar-refractivity contribution in [3.8, 4) is 0 Å². The lowest BCUT2D eigenvalue weighted by molar-refractivity contribution is 0.250. The van der Waals surface area contributed by atoms with E-state index in [4.69, 9.17) is 35.4 Å². The van der Waals surface area contributed by atoms with Gasteiger partial charge in [0.2, 0.25) is 0 Å². The lowest BCUT2D eigenvalue weighted by Crippen LogP contribution is -2.34. The summed E-state index contributed by atoms with van der Waals surface area (Å²) in [6.07, 6.45) is 0. The molecule has 0 aliphatic rings. The van der Waals surface area contributed by atoms with Gasteiger partial charge in [0, 0.05) is 23.3 Å². The number of urea groups is 1. The molecule has 4 N–H and O–H groups in total. The van der Waals surface area contributed by atoms with Gasteiger partial charge in [-0.2, -0.15) is 0 Å². The molecule has 2 aromatic rings. The topological polar surface area (TPSA) is 65.2 Å². The number of halogens is 2. The van der Waals surface area contributed by atoms with Gasteiger partial charge in [-0.05, 0) is 62.0 Å². The van der Waals surface area contributed by atoms with E-state index >= 15 is 0 Å². The Morgan fingerprint density at radius 1 is 1.08 bits per heavy atom. The molecule has 8 heteroatoms. The van der Waals surface area contributed by atoms with Crippen LogP contribution in [0.4, 0.5) is 16.2 Å². The molecule has 2 aromatic carbocycles. The van der Waals surface area contributed by atoms with Crippen molar-refractivity contribution < 1.29 is 4.79 Å². The maximum absolute atomic E-state index is 11.7. The van der Waals surface area contributed by atoms with Gasteiger partial charge in [0.15, 0.2) is 5.11 Å². The largest absolute Gasteiger partial charge is 0.358 e. The first-order valence-corrected chi connectivity index (χ1v) is 9.16. The summed E-state index contributed by atoms with van der Waals surface area (Å²) in [5.41, 5.74) is 2.43. The zero-order valence-corrected chi connectivity index (χ0v) is 16.7. The van der Waals surface area contributed by atoms with Crippen LogP contribution in [-0.2, 0) is 6.54 Å². The fourth-order valence-electron chi connectivity index (χ4n) is 2.07. The van der Waals surface area contributed by atoms with Gasteiger partial charge in [-0.25, -0.2) is 4.79 Å². The minimum atomic E-state index is -0.226. The van der Waals surface area contributed by atoms with Crippen LogP contribution in [0.2, 0.25) is 10.0 Å². The van der Waals surface area contributed by atoms with Gasteiger partial charge in [-0.15, -0.1) is 0 Å². The highest BCUT2D eigenvalue weighted by Crippen LogP contribution is 2.25. The van der Waals surface area contributed by atoms with Gasteiger partial charge in [0.1, 0.15) is 0 Å². The molecule has 0 saturated heterocycles. The first kappa shape index (κ1) is 20.3. The van der Waals surface area contributed by atoms with Gasteiger partial charge in [-0.3, -0.25) is 0 Å². The Kier molecular flexibility index (Phi) is 7.50. The number of thiocarbonyl (C=S) groups is 1. The molecule has 0 heterocycles. The quantitative estimate of drug-likeness (QED) is 0.523. The third-order valence-corrected chi connectivity index (χ3v) is 4.06. The molecule has 26 heavy (non-hydrogen) atoms. The molecule has 0 aliphatic heterocycles.